The highest BCUT2D eigenvalue weighted by Crippen LogP contribution is 2.05. The molecule has 44 valence electrons. The van der Waals surface area contributed by atoms with Gasteiger partial charge in [-0.25, -0.2) is 0 Å². The van der Waals surface area contributed by atoms with Gasteiger partial charge < -0.3 is 0 Å². The molecule has 0 saturated heterocycles. The van der Waals surface area contributed by atoms with Crippen LogP contribution < -0.4 is 0 Å². The third kappa shape index (κ3) is 1.04. The summed E-state index contributed by atoms with van der Waals surface area (Å²) in [6, 6.07) is 1.88. The minimum absolute atomic E-state index is 0.185. The lowest BCUT2D eigenvalue weighted by atomic mass is 10.7. The fourth-order valence-electron chi connectivity index (χ4n) is 0.502. The highest BCUT2D eigenvalue weighted by Gasteiger charge is 1.92. The number of hydrogen-bond acceptors (Lipinski definition) is 2. The summed E-state index contributed by atoms with van der Waals surface area (Å²) in [6.45, 7) is 1.97. The molecule has 1 heterocycles. The first-order valence-corrected chi connectivity index (χ1v) is 2.99. The van der Waals surface area contributed by atoms with E-state index in [1.807, 2.05) is 19.2 Å². The Morgan fingerprint density at radius 1 is 1.75 bits per heavy atom. The normalized spacial score (nSPS) is 13.8. The molecule has 0 bridgehead atoms. The van der Waals surface area contributed by atoms with E-state index in [9.17, 15) is 0 Å². The fraction of sp³-hybridized carbons (Fsp3) is 0.400. The maximum atomic E-state index is 4.15. The molecule has 8 heavy (non-hydrogen) atoms. The van der Waals surface area contributed by atoms with Crippen LogP contribution in [-0.2, 0) is 0 Å². The molecule has 3 heteroatoms. The Morgan fingerprint density at radius 2 is 2.50 bits per heavy atom. The number of nitrogens with zero attached hydrogens (tertiary/aromatic N) is 2. The van der Waals surface area contributed by atoms with Gasteiger partial charge in [0.05, 0.1) is 5.37 Å². The van der Waals surface area contributed by atoms with Crippen LogP contribution in [0.25, 0.3) is 0 Å². The van der Waals surface area contributed by atoms with Crippen LogP contribution >= 0.6 is 12.6 Å². The van der Waals surface area contributed by atoms with Gasteiger partial charge in [0.1, 0.15) is 0 Å². The third-order valence-corrected chi connectivity index (χ3v) is 1.14. The molecule has 0 amide bonds. The van der Waals surface area contributed by atoms with Gasteiger partial charge in [0.2, 0.25) is 0 Å². The molecule has 1 atom stereocenters. The lowest BCUT2D eigenvalue weighted by Gasteiger charge is -2.00. The summed E-state index contributed by atoms with van der Waals surface area (Å²) in [5.74, 6) is 0. The van der Waals surface area contributed by atoms with Gasteiger partial charge in [0.25, 0.3) is 0 Å². The van der Waals surface area contributed by atoms with Crippen molar-refractivity contribution in [3.05, 3.63) is 18.5 Å². The Bertz CT molecular complexity index is 145. The second-order valence-corrected chi connectivity index (χ2v) is 2.37. The van der Waals surface area contributed by atoms with E-state index in [0.29, 0.717) is 0 Å². The quantitative estimate of drug-likeness (QED) is 0.565. The van der Waals surface area contributed by atoms with Gasteiger partial charge in [-0.3, -0.25) is 4.68 Å². The van der Waals surface area contributed by atoms with Crippen LogP contribution in [0.15, 0.2) is 18.5 Å². The second kappa shape index (κ2) is 2.22. The van der Waals surface area contributed by atoms with Crippen LogP contribution in [0.5, 0.6) is 0 Å². The Morgan fingerprint density at radius 3 is 2.75 bits per heavy atom. The molecule has 0 spiro atoms. The Labute approximate surface area is 53.9 Å². The van der Waals surface area contributed by atoms with E-state index in [4.69, 9.17) is 0 Å². The van der Waals surface area contributed by atoms with Gasteiger partial charge >= 0.3 is 0 Å². The third-order valence-electron chi connectivity index (χ3n) is 0.908. The maximum absolute atomic E-state index is 4.15. The molecule has 0 saturated carbocycles. The van der Waals surface area contributed by atoms with Crippen molar-refractivity contribution in [2.45, 2.75) is 12.3 Å². The SMILES string of the molecule is C[C@@H](S)n1cccn1. The van der Waals surface area contributed by atoms with E-state index < -0.39 is 0 Å². The van der Waals surface area contributed by atoms with Crippen LogP contribution in [0.2, 0.25) is 0 Å². The van der Waals surface area contributed by atoms with Crippen molar-refractivity contribution >= 4 is 12.6 Å². The molecule has 1 rings (SSSR count). The minimum Gasteiger partial charge on any atom is -0.260 e. The first-order chi connectivity index (χ1) is 3.80. The highest BCUT2D eigenvalue weighted by atomic mass is 32.1. The summed E-state index contributed by atoms with van der Waals surface area (Å²) in [5, 5.41) is 4.14. The van der Waals surface area contributed by atoms with E-state index in [1.54, 1.807) is 10.9 Å². The fourth-order valence-corrected chi connectivity index (χ4v) is 0.638. The molecule has 0 fully saturated rings. The Balaban J connectivity index is 2.77. The molecule has 0 aromatic carbocycles. The van der Waals surface area contributed by atoms with Crippen molar-refractivity contribution in [1.82, 2.24) is 9.78 Å². The molecule has 0 radical (unpaired) electrons. The minimum atomic E-state index is 0.185. The average molecular weight is 128 g/mol. The second-order valence-electron chi connectivity index (χ2n) is 1.62. The predicted molar refractivity (Wildman–Crippen MR) is 35.9 cm³/mol. The first kappa shape index (κ1) is 5.69. The van der Waals surface area contributed by atoms with Gasteiger partial charge in [-0.05, 0) is 13.0 Å². The van der Waals surface area contributed by atoms with Crippen LogP contribution in [-0.4, -0.2) is 9.78 Å². The van der Waals surface area contributed by atoms with Crippen LogP contribution in [0.4, 0.5) is 0 Å². The molecule has 1 aromatic heterocycles. The smallest absolute Gasteiger partial charge is 0.0914 e. The zero-order valence-electron chi connectivity index (χ0n) is 4.65. The summed E-state index contributed by atoms with van der Waals surface area (Å²) < 4.78 is 1.78. The molecule has 0 aliphatic carbocycles. The molecular formula is C5H8N2S. The number of hydrogen-bond donors (Lipinski definition) is 1. The van der Waals surface area contributed by atoms with Crippen molar-refractivity contribution in [2.75, 3.05) is 0 Å². The van der Waals surface area contributed by atoms with Crippen molar-refractivity contribution in [3.63, 3.8) is 0 Å². The molecule has 2 nitrogen and oxygen atoms in total. The number of thiol groups is 1. The van der Waals surface area contributed by atoms with Gasteiger partial charge in [-0.15, -0.1) is 0 Å². The standard InChI is InChI=1S/C5H8N2S/c1-5(8)7-4-2-3-6-7/h2-5,8H,1H3/t5-/m1/s1. The van der Waals surface area contributed by atoms with Crippen LogP contribution in [0.1, 0.15) is 12.3 Å². The molecular weight excluding hydrogens is 120 g/mol. The zero-order chi connectivity index (χ0) is 5.98. The molecule has 0 unspecified atom stereocenters. The van der Waals surface area contributed by atoms with Gasteiger partial charge in [0.15, 0.2) is 0 Å². The lowest BCUT2D eigenvalue weighted by molar-refractivity contribution is 0.646. The largest absolute Gasteiger partial charge is 0.260 e. The zero-order valence-corrected chi connectivity index (χ0v) is 5.55. The Hall–Kier alpha value is -0.440. The van der Waals surface area contributed by atoms with Gasteiger partial charge in [-0.1, -0.05) is 0 Å². The topological polar surface area (TPSA) is 17.8 Å². The summed E-state index contributed by atoms with van der Waals surface area (Å²) in [4.78, 5) is 0. The van der Waals surface area contributed by atoms with Crippen LogP contribution in [0, 0.1) is 0 Å². The Kier molecular flexibility index (Phi) is 1.58. The number of rotatable bonds is 1. The molecule has 0 aliphatic rings. The summed E-state index contributed by atoms with van der Waals surface area (Å²) in [7, 11) is 0. The van der Waals surface area contributed by atoms with Crippen LogP contribution in [0.3, 0.4) is 0 Å². The van der Waals surface area contributed by atoms with E-state index in [1.165, 1.54) is 0 Å². The average Bonchev–Trinajstić information content (AvgIpc) is 2.12. The highest BCUT2D eigenvalue weighted by molar-refractivity contribution is 7.80. The van der Waals surface area contributed by atoms with Crippen molar-refractivity contribution in [3.8, 4) is 0 Å². The van der Waals surface area contributed by atoms with Crippen molar-refractivity contribution < 1.29 is 0 Å². The first-order valence-electron chi connectivity index (χ1n) is 2.48. The molecule has 0 aliphatic heterocycles. The van der Waals surface area contributed by atoms with Crippen molar-refractivity contribution in [1.29, 1.82) is 0 Å². The van der Waals surface area contributed by atoms with E-state index >= 15 is 0 Å². The lowest BCUT2D eigenvalue weighted by Crippen LogP contribution is -1.96. The number of aromatic nitrogens is 2. The van der Waals surface area contributed by atoms with Gasteiger partial charge in [-0.2, -0.15) is 17.7 Å². The summed E-state index contributed by atoms with van der Waals surface area (Å²) >= 11 is 4.15. The molecule has 0 N–H and O–H groups in total. The van der Waals surface area contributed by atoms with E-state index in [2.05, 4.69) is 17.7 Å². The predicted octanol–water partition coefficient (Wildman–Crippen LogP) is 1.33. The van der Waals surface area contributed by atoms with Crippen molar-refractivity contribution in [2.24, 2.45) is 0 Å². The summed E-state index contributed by atoms with van der Waals surface area (Å²) in [6.07, 6.45) is 3.63. The van der Waals surface area contributed by atoms with E-state index in [0.717, 1.165) is 0 Å². The monoisotopic (exact) mass is 128 g/mol. The summed E-state index contributed by atoms with van der Waals surface area (Å²) in [5.41, 5.74) is 0. The van der Waals surface area contributed by atoms with Gasteiger partial charge in [0, 0.05) is 12.4 Å². The van der Waals surface area contributed by atoms with E-state index in [-0.39, 0.29) is 5.37 Å². The molecule has 1 aromatic rings. The maximum Gasteiger partial charge on any atom is 0.0914 e.